The van der Waals surface area contributed by atoms with Crippen molar-refractivity contribution in [2.24, 2.45) is 5.92 Å². The van der Waals surface area contributed by atoms with Crippen molar-refractivity contribution in [3.63, 3.8) is 0 Å². The van der Waals surface area contributed by atoms with Gasteiger partial charge in [0.25, 0.3) is 0 Å². The van der Waals surface area contributed by atoms with Crippen LogP contribution < -0.4 is 10.2 Å². The fourth-order valence-corrected chi connectivity index (χ4v) is 3.93. The maximum atomic E-state index is 13.3. The molecule has 1 saturated heterocycles. The summed E-state index contributed by atoms with van der Waals surface area (Å²) < 4.78 is 0. The summed E-state index contributed by atoms with van der Waals surface area (Å²) in [5.74, 6) is 1.54. The van der Waals surface area contributed by atoms with Crippen LogP contribution in [0.15, 0.2) is 30.5 Å². The maximum absolute atomic E-state index is 13.3. The summed E-state index contributed by atoms with van der Waals surface area (Å²) in [6.45, 7) is 11.3. The van der Waals surface area contributed by atoms with Gasteiger partial charge in [-0.25, -0.2) is 4.98 Å². The van der Waals surface area contributed by atoms with Gasteiger partial charge < -0.3 is 10.2 Å². The molecule has 0 aromatic carbocycles. The van der Waals surface area contributed by atoms with Gasteiger partial charge in [-0.05, 0) is 49.4 Å². The topological polar surface area (TPSA) is 58.1 Å². The number of piperazine rings is 1. The standard InChI is InChI=1S/C23H32N4O.2H2/c1-5-7-18-9-10-21(27-13-12-25-19(15-27)14-16(2)3)26-22(18)23(28)20-8-6-11-24-17(20)4;;/h6,8-11,16,19,25H,5,7,12-15H2,1-4H3;2*1H/t19-;;/m0../s1. The zero-order valence-corrected chi connectivity index (χ0v) is 17.5. The molecular weight excluding hydrogens is 348 g/mol. The van der Waals surface area contributed by atoms with E-state index < -0.39 is 0 Å². The first-order valence-electron chi connectivity index (χ1n) is 10.4. The van der Waals surface area contributed by atoms with E-state index >= 15 is 0 Å². The molecule has 2 aromatic rings. The van der Waals surface area contributed by atoms with Crippen LogP contribution in [0.2, 0.25) is 0 Å². The molecule has 0 amide bonds. The Hall–Kier alpha value is -2.27. The van der Waals surface area contributed by atoms with E-state index in [-0.39, 0.29) is 8.64 Å². The minimum atomic E-state index is -0.0234. The fraction of sp³-hybridized carbons (Fsp3) is 0.522. The summed E-state index contributed by atoms with van der Waals surface area (Å²) in [7, 11) is 0. The molecule has 0 saturated carbocycles. The van der Waals surface area contributed by atoms with Crippen molar-refractivity contribution in [1.82, 2.24) is 15.3 Å². The highest BCUT2D eigenvalue weighted by Crippen LogP contribution is 2.22. The lowest BCUT2D eigenvalue weighted by atomic mass is 9.99. The maximum Gasteiger partial charge on any atom is 0.213 e. The molecule has 1 fully saturated rings. The lowest BCUT2D eigenvalue weighted by molar-refractivity contribution is 0.103. The predicted molar refractivity (Wildman–Crippen MR) is 118 cm³/mol. The van der Waals surface area contributed by atoms with Crippen LogP contribution in [0.25, 0.3) is 0 Å². The molecule has 3 heterocycles. The highest BCUT2D eigenvalue weighted by atomic mass is 16.1. The van der Waals surface area contributed by atoms with Crippen molar-refractivity contribution in [2.75, 3.05) is 24.5 Å². The van der Waals surface area contributed by atoms with Crippen molar-refractivity contribution in [2.45, 2.75) is 53.0 Å². The first-order chi connectivity index (χ1) is 13.5. The van der Waals surface area contributed by atoms with Crippen LogP contribution in [-0.4, -0.2) is 41.4 Å². The van der Waals surface area contributed by atoms with Gasteiger partial charge in [0.05, 0.1) is 0 Å². The minimum Gasteiger partial charge on any atom is -0.354 e. The van der Waals surface area contributed by atoms with E-state index in [0.29, 0.717) is 23.2 Å². The normalized spacial score (nSPS) is 17.2. The van der Waals surface area contributed by atoms with Gasteiger partial charge in [-0.15, -0.1) is 0 Å². The number of hydrogen-bond acceptors (Lipinski definition) is 5. The molecule has 0 unspecified atom stereocenters. The quantitative estimate of drug-likeness (QED) is 0.722. The molecule has 1 atom stereocenters. The van der Waals surface area contributed by atoms with E-state index in [1.165, 1.54) is 0 Å². The van der Waals surface area contributed by atoms with Crippen LogP contribution in [0.1, 0.15) is 63.8 Å². The molecule has 1 aliphatic rings. The third kappa shape index (κ3) is 4.76. The van der Waals surface area contributed by atoms with Crippen molar-refractivity contribution < 1.29 is 7.65 Å². The Labute approximate surface area is 171 Å². The Morgan fingerprint density at radius 1 is 1.36 bits per heavy atom. The Morgan fingerprint density at radius 2 is 2.18 bits per heavy atom. The van der Waals surface area contributed by atoms with Crippen LogP contribution in [0, 0.1) is 12.8 Å². The Morgan fingerprint density at radius 3 is 2.89 bits per heavy atom. The molecule has 28 heavy (non-hydrogen) atoms. The monoisotopic (exact) mass is 384 g/mol. The van der Waals surface area contributed by atoms with Crippen LogP contribution in [0.4, 0.5) is 5.82 Å². The molecule has 0 bridgehead atoms. The lowest BCUT2D eigenvalue weighted by Gasteiger charge is -2.35. The number of nitrogens with zero attached hydrogens (tertiary/aromatic N) is 3. The average Bonchev–Trinajstić information content (AvgIpc) is 2.68. The van der Waals surface area contributed by atoms with Crippen LogP contribution in [-0.2, 0) is 6.42 Å². The molecule has 1 N–H and O–H groups in total. The Balaban J connectivity index is 0.00000225. The molecule has 5 heteroatoms. The summed E-state index contributed by atoms with van der Waals surface area (Å²) in [6.07, 6.45) is 4.70. The lowest BCUT2D eigenvalue weighted by Crippen LogP contribution is -2.51. The summed E-state index contributed by atoms with van der Waals surface area (Å²) in [5.41, 5.74) is 2.99. The number of carbonyl (C=O) groups is 1. The second kappa shape index (κ2) is 9.28. The molecule has 0 aliphatic carbocycles. The zero-order valence-electron chi connectivity index (χ0n) is 17.5. The van der Waals surface area contributed by atoms with Gasteiger partial charge in [0.1, 0.15) is 11.5 Å². The number of aryl methyl sites for hydroxylation is 2. The highest BCUT2D eigenvalue weighted by molar-refractivity contribution is 6.09. The van der Waals surface area contributed by atoms with Gasteiger partial charge in [-0.2, -0.15) is 0 Å². The van der Waals surface area contributed by atoms with Gasteiger partial charge in [-0.1, -0.05) is 33.3 Å². The summed E-state index contributed by atoms with van der Waals surface area (Å²) in [5, 5.41) is 3.61. The minimum absolute atomic E-state index is 0. The van der Waals surface area contributed by atoms with Crippen molar-refractivity contribution in [3.8, 4) is 0 Å². The third-order valence-corrected chi connectivity index (χ3v) is 5.29. The number of pyridine rings is 2. The van der Waals surface area contributed by atoms with Gasteiger partial charge >= 0.3 is 0 Å². The van der Waals surface area contributed by atoms with Crippen LogP contribution in [0.3, 0.4) is 0 Å². The van der Waals surface area contributed by atoms with Crippen LogP contribution >= 0.6 is 0 Å². The number of anilines is 1. The van der Waals surface area contributed by atoms with E-state index in [4.69, 9.17) is 4.98 Å². The number of rotatable bonds is 7. The molecular formula is C23H36N4O. The molecule has 5 nitrogen and oxygen atoms in total. The number of carbonyl (C=O) groups excluding carboxylic acids is 1. The van der Waals surface area contributed by atoms with Crippen molar-refractivity contribution in [1.29, 1.82) is 0 Å². The summed E-state index contributed by atoms with van der Waals surface area (Å²) >= 11 is 0. The average molecular weight is 385 g/mol. The van der Waals surface area contributed by atoms with Gasteiger partial charge in [0.15, 0.2) is 0 Å². The van der Waals surface area contributed by atoms with Crippen molar-refractivity contribution in [3.05, 3.63) is 53.0 Å². The van der Waals surface area contributed by atoms with E-state index in [2.05, 4.69) is 48.1 Å². The first kappa shape index (κ1) is 20.5. The van der Waals surface area contributed by atoms with E-state index in [0.717, 1.165) is 56.0 Å². The number of hydrogen-bond donors (Lipinski definition) is 1. The molecule has 2 aromatic heterocycles. The van der Waals surface area contributed by atoms with E-state index in [1.807, 2.05) is 19.1 Å². The smallest absolute Gasteiger partial charge is 0.213 e. The molecule has 1 aliphatic heterocycles. The SMILES string of the molecule is CCCc1ccc(N2CCN[C@@H](CC(C)C)C2)nc1C(=O)c1cccnc1C.[HH].[HH]. The number of nitrogens with one attached hydrogen (secondary N) is 1. The first-order valence-corrected chi connectivity index (χ1v) is 10.4. The second-order valence-corrected chi connectivity index (χ2v) is 8.12. The number of aromatic nitrogens is 2. The summed E-state index contributed by atoms with van der Waals surface area (Å²) in [6, 6.07) is 8.29. The van der Waals surface area contributed by atoms with E-state index in [1.54, 1.807) is 6.20 Å². The Bertz CT molecular complexity index is 829. The van der Waals surface area contributed by atoms with Gasteiger partial charge in [0.2, 0.25) is 5.78 Å². The van der Waals surface area contributed by atoms with Gasteiger partial charge in [-0.3, -0.25) is 9.78 Å². The summed E-state index contributed by atoms with van der Waals surface area (Å²) in [4.78, 5) is 24.7. The zero-order chi connectivity index (χ0) is 20.1. The fourth-order valence-electron chi connectivity index (χ4n) is 3.93. The van der Waals surface area contributed by atoms with E-state index in [9.17, 15) is 4.79 Å². The van der Waals surface area contributed by atoms with Gasteiger partial charge in [0, 0.05) is 46.0 Å². The third-order valence-electron chi connectivity index (χ3n) is 5.29. The molecule has 3 rings (SSSR count). The molecule has 0 spiro atoms. The second-order valence-electron chi connectivity index (χ2n) is 8.12. The Kier molecular flexibility index (Phi) is 6.79. The predicted octanol–water partition coefficient (Wildman–Crippen LogP) is 4.28. The molecule has 154 valence electrons. The van der Waals surface area contributed by atoms with Crippen molar-refractivity contribution >= 4 is 11.6 Å². The molecule has 0 radical (unpaired) electrons. The highest BCUT2D eigenvalue weighted by Gasteiger charge is 2.24. The largest absolute Gasteiger partial charge is 0.354 e. The van der Waals surface area contributed by atoms with Crippen LogP contribution in [0.5, 0.6) is 0 Å². The number of ketones is 1.